The summed E-state index contributed by atoms with van der Waals surface area (Å²) in [5, 5.41) is 20.8. The molecule has 5 heteroatoms. The summed E-state index contributed by atoms with van der Waals surface area (Å²) >= 11 is 0. The minimum Gasteiger partial charge on any atom is -0.309 e. The van der Waals surface area contributed by atoms with Gasteiger partial charge in [-0.25, -0.2) is 0 Å². The molecule has 0 aliphatic carbocycles. The summed E-state index contributed by atoms with van der Waals surface area (Å²) in [6, 6.07) is 73.9. The Hall–Kier alpha value is -8.33. The van der Waals surface area contributed by atoms with Crippen molar-refractivity contribution in [2.24, 2.45) is 0 Å². The first kappa shape index (κ1) is 32.7. The van der Waals surface area contributed by atoms with Crippen molar-refractivity contribution < 1.29 is 0 Å². The van der Waals surface area contributed by atoms with Crippen LogP contribution in [0.1, 0.15) is 5.56 Å². The second kappa shape index (κ2) is 12.3. The topological polar surface area (TPSA) is 43.5 Å². The van der Waals surface area contributed by atoms with E-state index < -0.39 is 0 Å². The fraction of sp³-hybridized carbons (Fsp3) is 0. The molecule has 13 rings (SSSR count). The maximum Gasteiger partial charge on any atom is 0.104 e. The van der Waals surface area contributed by atoms with Crippen molar-refractivity contribution in [2.75, 3.05) is 0 Å². The van der Waals surface area contributed by atoms with Gasteiger partial charge in [0.15, 0.2) is 0 Å². The fourth-order valence-corrected chi connectivity index (χ4v) is 10.2. The molecule has 13 aromatic rings. The van der Waals surface area contributed by atoms with Crippen LogP contribution in [0.3, 0.4) is 0 Å². The van der Waals surface area contributed by atoms with E-state index in [1.165, 1.54) is 21.5 Å². The minimum atomic E-state index is 0.607. The highest BCUT2D eigenvalue weighted by molar-refractivity contribution is 6.27. The molecule has 0 radical (unpaired) electrons. The molecule has 0 aliphatic heterocycles. The predicted octanol–water partition coefficient (Wildman–Crippen LogP) is 13.9. The van der Waals surface area contributed by atoms with Gasteiger partial charge in [-0.2, -0.15) is 5.26 Å². The average molecular weight is 764 g/mol. The standard InChI is InChI=1S/C55H33N5/c56-34-43-48(59-46-26-13-9-22-41(46)52-50(59)32-30-39-37-20-7-11-24-44(37)57(54(39)52)35-16-3-1-4-17-35)28-15-29-49(43)60-47-27-14-10-23-42(47)53-51(60)33-31-40-38-21-8-12-25-45(38)58(55(40)53)36-18-5-2-6-19-36/h1-33H. The molecule has 0 amide bonds. The van der Waals surface area contributed by atoms with Gasteiger partial charge in [-0.15, -0.1) is 0 Å². The van der Waals surface area contributed by atoms with E-state index in [-0.39, 0.29) is 0 Å². The highest BCUT2D eigenvalue weighted by Gasteiger charge is 2.25. The van der Waals surface area contributed by atoms with Gasteiger partial charge in [0.1, 0.15) is 11.6 Å². The lowest BCUT2D eigenvalue weighted by atomic mass is 10.1. The molecule has 9 aromatic carbocycles. The lowest BCUT2D eigenvalue weighted by Crippen LogP contribution is -2.04. The summed E-state index contributed by atoms with van der Waals surface area (Å²) in [4.78, 5) is 0. The smallest absolute Gasteiger partial charge is 0.104 e. The van der Waals surface area contributed by atoms with Crippen molar-refractivity contribution in [3.05, 3.63) is 206 Å². The third-order valence-electron chi connectivity index (χ3n) is 12.6. The Morgan fingerprint density at radius 2 is 0.650 bits per heavy atom. The number of benzene rings is 9. The Morgan fingerprint density at radius 3 is 1.07 bits per heavy atom. The van der Waals surface area contributed by atoms with Gasteiger partial charge < -0.3 is 18.3 Å². The average Bonchev–Trinajstić information content (AvgIpc) is 4.04. The van der Waals surface area contributed by atoms with Crippen LogP contribution >= 0.6 is 0 Å². The summed E-state index contributed by atoms with van der Waals surface area (Å²) in [6.45, 7) is 0. The zero-order valence-corrected chi connectivity index (χ0v) is 32.3. The van der Waals surface area contributed by atoms with Crippen LogP contribution in [-0.2, 0) is 0 Å². The first-order valence-corrected chi connectivity index (χ1v) is 20.4. The van der Waals surface area contributed by atoms with Gasteiger partial charge in [0.2, 0.25) is 0 Å². The third-order valence-corrected chi connectivity index (χ3v) is 12.6. The lowest BCUT2D eigenvalue weighted by Gasteiger charge is -2.16. The predicted molar refractivity (Wildman–Crippen MR) is 249 cm³/mol. The summed E-state index contributed by atoms with van der Waals surface area (Å²) in [6.07, 6.45) is 0. The summed E-state index contributed by atoms with van der Waals surface area (Å²) in [7, 11) is 0. The molecule has 5 nitrogen and oxygen atoms in total. The summed E-state index contributed by atoms with van der Waals surface area (Å²) in [5.74, 6) is 0. The summed E-state index contributed by atoms with van der Waals surface area (Å²) in [5.41, 5.74) is 13.3. The molecule has 278 valence electrons. The van der Waals surface area contributed by atoms with Crippen molar-refractivity contribution in [3.63, 3.8) is 0 Å². The van der Waals surface area contributed by atoms with Gasteiger partial charge in [0.25, 0.3) is 0 Å². The van der Waals surface area contributed by atoms with Gasteiger partial charge >= 0.3 is 0 Å². The van der Waals surface area contributed by atoms with Crippen molar-refractivity contribution in [1.82, 2.24) is 18.3 Å². The molecule has 0 unspecified atom stereocenters. The van der Waals surface area contributed by atoms with Crippen molar-refractivity contribution in [1.29, 1.82) is 5.26 Å². The van der Waals surface area contributed by atoms with E-state index in [0.717, 1.165) is 88.4 Å². The molecule has 0 aliphatic rings. The van der Waals surface area contributed by atoms with Gasteiger partial charge in [-0.1, -0.05) is 127 Å². The second-order valence-corrected chi connectivity index (χ2v) is 15.6. The Labute approximate surface area is 344 Å². The molecular weight excluding hydrogens is 731 g/mol. The van der Waals surface area contributed by atoms with Crippen LogP contribution in [0.15, 0.2) is 200 Å². The van der Waals surface area contributed by atoms with Crippen LogP contribution in [0.4, 0.5) is 0 Å². The highest BCUT2D eigenvalue weighted by atomic mass is 15.0. The van der Waals surface area contributed by atoms with E-state index in [4.69, 9.17) is 0 Å². The molecule has 0 atom stereocenters. The fourth-order valence-electron chi connectivity index (χ4n) is 10.2. The van der Waals surface area contributed by atoms with E-state index in [0.29, 0.717) is 5.56 Å². The first-order chi connectivity index (χ1) is 29.8. The Morgan fingerprint density at radius 1 is 0.283 bits per heavy atom. The van der Waals surface area contributed by atoms with E-state index in [1.807, 2.05) is 0 Å². The van der Waals surface area contributed by atoms with Gasteiger partial charge in [0.05, 0.1) is 55.5 Å². The maximum atomic E-state index is 11.4. The number of aromatic nitrogens is 4. The number of rotatable bonds is 4. The molecule has 0 fully saturated rings. The molecule has 60 heavy (non-hydrogen) atoms. The van der Waals surface area contributed by atoms with E-state index in [2.05, 4.69) is 225 Å². The normalized spacial score (nSPS) is 12.0. The van der Waals surface area contributed by atoms with Crippen molar-refractivity contribution >= 4 is 87.2 Å². The Balaban J connectivity index is 1.14. The molecule has 0 saturated carbocycles. The largest absolute Gasteiger partial charge is 0.309 e. The van der Waals surface area contributed by atoms with Crippen LogP contribution in [0.25, 0.3) is 110 Å². The number of para-hydroxylation sites is 6. The molecule has 0 spiro atoms. The molecule has 0 N–H and O–H groups in total. The second-order valence-electron chi connectivity index (χ2n) is 15.6. The molecule has 4 heterocycles. The van der Waals surface area contributed by atoms with Crippen LogP contribution in [0.5, 0.6) is 0 Å². The Bertz CT molecular complexity index is 3700. The van der Waals surface area contributed by atoms with Crippen LogP contribution < -0.4 is 0 Å². The molecule has 0 saturated heterocycles. The molecule has 0 bridgehead atoms. The van der Waals surface area contributed by atoms with E-state index in [9.17, 15) is 5.26 Å². The first-order valence-electron chi connectivity index (χ1n) is 20.4. The zero-order chi connectivity index (χ0) is 39.5. The lowest BCUT2D eigenvalue weighted by molar-refractivity contribution is 1.12. The summed E-state index contributed by atoms with van der Waals surface area (Å²) < 4.78 is 9.41. The minimum absolute atomic E-state index is 0.607. The third kappa shape index (κ3) is 4.29. The van der Waals surface area contributed by atoms with Crippen LogP contribution in [0, 0.1) is 11.3 Å². The Kier molecular flexibility index (Phi) is 6.73. The van der Waals surface area contributed by atoms with Crippen LogP contribution in [-0.4, -0.2) is 18.3 Å². The highest BCUT2D eigenvalue weighted by Crippen LogP contribution is 2.45. The number of hydrogen-bond donors (Lipinski definition) is 0. The van der Waals surface area contributed by atoms with Crippen molar-refractivity contribution in [2.45, 2.75) is 0 Å². The van der Waals surface area contributed by atoms with E-state index >= 15 is 0 Å². The number of hydrogen-bond acceptors (Lipinski definition) is 1. The number of fused-ring (bicyclic) bond motifs is 14. The van der Waals surface area contributed by atoms with Crippen molar-refractivity contribution in [3.8, 4) is 28.8 Å². The maximum absolute atomic E-state index is 11.4. The number of nitriles is 1. The van der Waals surface area contributed by atoms with Gasteiger partial charge in [-0.05, 0) is 72.8 Å². The quantitative estimate of drug-likeness (QED) is 0.176. The molecular formula is C55H33N5. The number of nitrogens with zero attached hydrogens (tertiary/aromatic N) is 5. The van der Waals surface area contributed by atoms with Crippen LogP contribution in [0.2, 0.25) is 0 Å². The van der Waals surface area contributed by atoms with E-state index in [1.54, 1.807) is 0 Å². The SMILES string of the molecule is N#Cc1c(-n2c3ccccc3c3c2ccc2c4ccccc4n(-c4ccccc4)c23)cccc1-n1c2ccccc2c2c1ccc1c3ccccc3n(-c3ccccc3)c12. The zero-order valence-electron chi connectivity index (χ0n) is 32.3. The monoisotopic (exact) mass is 763 g/mol. The van der Waals surface area contributed by atoms with Gasteiger partial charge in [0, 0.05) is 54.5 Å². The van der Waals surface area contributed by atoms with Gasteiger partial charge in [-0.3, -0.25) is 0 Å². The molecule has 4 aromatic heterocycles.